The fourth-order valence-electron chi connectivity index (χ4n) is 0.816. The van der Waals surface area contributed by atoms with E-state index in [1.54, 1.807) is 11.3 Å². The quantitative estimate of drug-likeness (QED) is 0.773. The Kier molecular flexibility index (Phi) is 2.50. The molecule has 0 spiro atoms. The van der Waals surface area contributed by atoms with Crippen LogP contribution in [0.3, 0.4) is 0 Å². The average Bonchev–Trinajstić information content (AvgIpc) is 2.10. The number of hydrogen-bond acceptors (Lipinski definition) is 2. The molecule has 1 aromatic rings. The van der Waals surface area contributed by atoms with Crippen LogP contribution in [0.1, 0.15) is 23.4 Å². The zero-order chi connectivity index (χ0) is 7.72. The van der Waals surface area contributed by atoms with E-state index in [1.165, 1.54) is 14.2 Å². The van der Waals surface area contributed by atoms with E-state index in [1.807, 2.05) is 6.92 Å². The Balaban J connectivity index is 3.03. The zero-order valence-electron chi connectivity index (χ0n) is 6.02. The molecule has 1 aromatic heterocycles. The van der Waals surface area contributed by atoms with Crippen molar-refractivity contribution in [3.05, 3.63) is 20.3 Å². The molecule has 0 amide bonds. The van der Waals surface area contributed by atoms with Crippen LogP contribution in [0.5, 0.6) is 0 Å². The lowest BCUT2D eigenvalue weighted by Crippen LogP contribution is -2.03. The van der Waals surface area contributed by atoms with E-state index in [0.717, 1.165) is 0 Å². The van der Waals surface area contributed by atoms with Gasteiger partial charge in [-0.1, -0.05) is 0 Å². The van der Waals surface area contributed by atoms with Crippen molar-refractivity contribution in [2.24, 2.45) is 5.73 Å². The molecule has 0 aromatic carbocycles. The normalized spacial score (nSPS) is 13.6. The first-order valence-electron chi connectivity index (χ1n) is 3.12. The summed E-state index contributed by atoms with van der Waals surface area (Å²) < 4.78 is 1.17. The summed E-state index contributed by atoms with van der Waals surface area (Å²) in [6.07, 6.45) is 0. The zero-order valence-corrected chi connectivity index (χ0v) is 8.42. The Morgan fingerprint density at radius 2 is 2.30 bits per heavy atom. The van der Waals surface area contributed by atoms with Crippen molar-refractivity contribution in [3.8, 4) is 0 Å². The number of rotatable bonds is 1. The van der Waals surface area contributed by atoms with Gasteiger partial charge >= 0.3 is 0 Å². The molecule has 1 nitrogen and oxygen atoms in total. The molecule has 0 radical (unpaired) electrons. The first-order chi connectivity index (χ1) is 4.61. The molecule has 1 unspecified atom stereocenters. The second kappa shape index (κ2) is 3.03. The minimum atomic E-state index is 0.138. The first-order valence-corrected chi connectivity index (χ1v) is 4.73. The number of nitrogens with two attached hydrogens (primary N) is 1. The van der Waals surface area contributed by atoms with E-state index in [4.69, 9.17) is 5.73 Å². The summed E-state index contributed by atoms with van der Waals surface area (Å²) in [5, 5.41) is 0. The van der Waals surface area contributed by atoms with Crippen LogP contribution in [0.4, 0.5) is 0 Å². The van der Waals surface area contributed by atoms with Crippen LogP contribution in [-0.4, -0.2) is 0 Å². The maximum atomic E-state index is 5.70. The standard InChI is InChI=1S/C7H10BrNS/c1-4-3-6(5(2)9)7(8)10-4/h3,5H,9H2,1-2H3. The predicted molar refractivity (Wildman–Crippen MR) is 49.4 cm³/mol. The number of aryl methyl sites for hydroxylation is 1. The number of hydrogen-bond donors (Lipinski definition) is 1. The molecule has 0 fully saturated rings. The molecule has 3 heteroatoms. The van der Waals surface area contributed by atoms with Crippen LogP contribution in [-0.2, 0) is 0 Å². The lowest BCUT2D eigenvalue weighted by Gasteiger charge is -2.00. The first kappa shape index (κ1) is 8.24. The fourth-order valence-corrected chi connectivity index (χ4v) is 2.89. The van der Waals surface area contributed by atoms with Crippen molar-refractivity contribution < 1.29 is 0 Å². The molecule has 1 atom stereocenters. The lowest BCUT2D eigenvalue weighted by molar-refractivity contribution is 0.818. The Hall–Kier alpha value is 0.140. The van der Waals surface area contributed by atoms with Gasteiger partial charge in [0.1, 0.15) is 0 Å². The van der Waals surface area contributed by atoms with E-state index < -0.39 is 0 Å². The van der Waals surface area contributed by atoms with Gasteiger partial charge in [-0.3, -0.25) is 0 Å². The molecule has 0 aliphatic rings. The van der Waals surface area contributed by atoms with Gasteiger partial charge in [0.2, 0.25) is 0 Å². The largest absolute Gasteiger partial charge is 0.324 e. The smallest absolute Gasteiger partial charge is 0.0748 e. The molecule has 2 N–H and O–H groups in total. The van der Waals surface area contributed by atoms with Crippen LogP contribution in [0.2, 0.25) is 0 Å². The van der Waals surface area contributed by atoms with Crippen molar-refractivity contribution in [2.75, 3.05) is 0 Å². The molecule has 0 aliphatic heterocycles. The van der Waals surface area contributed by atoms with Gasteiger partial charge in [0.15, 0.2) is 0 Å². The Bertz CT molecular complexity index is 230. The van der Waals surface area contributed by atoms with Crippen molar-refractivity contribution in [2.45, 2.75) is 19.9 Å². The minimum Gasteiger partial charge on any atom is -0.324 e. The van der Waals surface area contributed by atoms with E-state index >= 15 is 0 Å². The third kappa shape index (κ3) is 1.59. The summed E-state index contributed by atoms with van der Waals surface area (Å²) in [6.45, 7) is 4.08. The van der Waals surface area contributed by atoms with Crippen molar-refractivity contribution in [3.63, 3.8) is 0 Å². The third-order valence-electron chi connectivity index (χ3n) is 1.33. The van der Waals surface area contributed by atoms with E-state index in [-0.39, 0.29) is 6.04 Å². The highest BCUT2D eigenvalue weighted by Crippen LogP contribution is 2.30. The SMILES string of the molecule is Cc1cc(C(C)N)c(Br)s1. The Morgan fingerprint density at radius 1 is 1.70 bits per heavy atom. The van der Waals surface area contributed by atoms with E-state index in [0.29, 0.717) is 0 Å². The highest BCUT2D eigenvalue weighted by atomic mass is 79.9. The van der Waals surface area contributed by atoms with Gasteiger partial charge < -0.3 is 5.73 Å². The van der Waals surface area contributed by atoms with E-state index in [2.05, 4.69) is 28.9 Å². The molecule has 1 heterocycles. The summed E-state index contributed by atoms with van der Waals surface area (Å²) in [6, 6.07) is 2.26. The van der Waals surface area contributed by atoms with Gasteiger partial charge in [-0.2, -0.15) is 0 Å². The van der Waals surface area contributed by atoms with Crippen molar-refractivity contribution in [1.29, 1.82) is 0 Å². The van der Waals surface area contributed by atoms with Crippen LogP contribution in [0.25, 0.3) is 0 Å². The van der Waals surface area contributed by atoms with Crippen LogP contribution in [0, 0.1) is 6.92 Å². The van der Waals surface area contributed by atoms with Crippen LogP contribution in [0.15, 0.2) is 9.85 Å². The maximum absolute atomic E-state index is 5.70. The highest BCUT2D eigenvalue weighted by Gasteiger charge is 2.06. The topological polar surface area (TPSA) is 26.0 Å². The second-order valence-electron chi connectivity index (χ2n) is 2.37. The second-order valence-corrected chi connectivity index (χ2v) is 4.95. The molecule has 56 valence electrons. The van der Waals surface area contributed by atoms with Gasteiger partial charge in [-0.15, -0.1) is 11.3 Å². The summed E-state index contributed by atoms with van der Waals surface area (Å²) in [5.74, 6) is 0. The summed E-state index contributed by atoms with van der Waals surface area (Å²) in [4.78, 5) is 1.30. The number of thiophene rings is 1. The molecule has 1 rings (SSSR count). The molecule has 0 aliphatic carbocycles. The summed E-state index contributed by atoms with van der Waals surface area (Å²) >= 11 is 5.19. The van der Waals surface area contributed by atoms with E-state index in [9.17, 15) is 0 Å². The van der Waals surface area contributed by atoms with Gasteiger partial charge in [-0.25, -0.2) is 0 Å². The predicted octanol–water partition coefficient (Wildman–Crippen LogP) is 2.84. The van der Waals surface area contributed by atoms with Crippen molar-refractivity contribution >= 4 is 27.3 Å². The molecule has 0 saturated carbocycles. The summed E-state index contributed by atoms with van der Waals surface area (Å²) in [7, 11) is 0. The molecule has 0 bridgehead atoms. The average molecular weight is 220 g/mol. The fraction of sp³-hybridized carbons (Fsp3) is 0.429. The van der Waals surface area contributed by atoms with Gasteiger partial charge in [0, 0.05) is 10.9 Å². The van der Waals surface area contributed by atoms with Crippen LogP contribution >= 0.6 is 27.3 Å². The molecular weight excluding hydrogens is 210 g/mol. The van der Waals surface area contributed by atoms with Gasteiger partial charge in [-0.05, 0) is 41.4 Å². The van der Waals surface area contributed by atoms with Gasteiger partial charge in [0.25, 0.3) is 0 Å². The van der Waals surface area contributed by atoms with Crippen LogP contribution < -0.4 is 5.73 Å². The minimum absolute atomic E-state index is 0.138. The van der Waals surface area contributed by atoms with Crippen molar-refractivity contribution in [1.82, 2.24) is 0 Å². The highest BCUT2D eigenvalue weighted by molar-refractivity contribution is 9.11. The molecular formula is C7H10BrNS. The molecule has 10 heavy (non-hydrogen) atoms. The summed E-state index contributed by atoms with van der Waals surface area (Å²) in [5.41, 5.74) is 6.92. The van der Waals surface area contributed by atoms with Gasteiger partial charge in [0.05, 0.1) is 3.79 Å². The Labute approximate surface area is 73.4 Å². The third-order valence-corrected chi connectivity index (χ3v) is 3.13. The maximum Gasteiger partial charge on any atom is 0.0748 e. The number of halogens is 1. The Morgan fingerprint density at radius 3 is 2.50 bits per heavy atom. The lowest BCUT2D eigenvalue weighted by atomic mass is 10.2. The monoisotopic (exact) mass is 219 g/mol. The molecule has 0 saturated heterocycles.